The predicted molar refractivity (Wildman–Crippen MR) is 69.6 cm³/mol. The minimum atomic E-state index is -0.411. The van der Waals surface area contributed by atoms with Crippen molar-refractivity contribution in [3.8, 4) is 6.07 Å². The van der Waals surface area contributed by atoms with Crippen LogP contribution in [0, 0.1) is 16.7 Å². The van der Waals surface area contributed by atoms with Crippen molar-refractivity contribution in [2.75, 3.05) is 0 Å². The molecule has 0 aromatic heterocycles. The van der Waals surface area contributed by atoms with Crippen molar-refractivity contribution in [2.24, 2.45) is 5.41 Å². The Labute approximate surface area is 108 Å². The van der Waals surface area contributed by atoms with E-state index in [4.69, 9.17) is 5.26 Å². The highest BCUT2D eigenvalue weighted by molar-refractivity contribution is 5.84. The molecule has 1 aliphatic rings. The zero-order valence-corrected chi connectivity index (χ0v) is 10.6. The second kappa shape index (κ2) is 5.22. The standard InChI is InChI=1S/C15H18N2O/c1-12(11-16)17-14(18)15(8-5-9-15)10-13-6-3-2-4-7-13/h2-4,6-7,12H,5,8-10H2,1H3,(H,17,18)/t12-/m1/s1. The molecule has 0 heterocycles. The molecule has 1 saturated carbocycles. The van der Waals surface area contributed by atoms with Crippen molar-refractivity contribution in [2.45, 2.75) is 38.6 Å². The molecule has 1 amide bonds. The molecule has 1 atom stereocenters. The lowest BCUT2D eigenvalue weighted by molar-refractivity contribution is -0.136. The third kappa shape index (κ3) is 2.53. The van der Waals surface area contributed by atoms with Crippen molar-refractivity contribution in [1.29, 1.82) is 5.26 Å². The summed E-state index contributed by atoms with van der Waals surface area (Å²) in [5.41, 5.74) is 0.906. The van der Waals surface area contributed by atoms with Crippen molar-refractivity contribution in [3.63, 3.8) is 0 Å². The van der Waals surface area contributed by atoms with E-state index < -0.39 is 6.04 Å². The van der Waals surface area contributed by atoms with Crippen LogP contribution in [0.1, 0.15) is 31.7 Å². The van der Waals surface area contributed by atoms with Gasteiger partial charge >= 0.3 is 0 Å². The summed E-state index contributed by atoms with van der Waals surface area (Å²) in [6, 6.07) is 11.7. The third-order valence-electron chi connectivity index (χ3n) is 3.72. The Morgan fingerprint density at radius 2 is 2.11 bits per heavy atom. The highest BCUT2D eigenvalue weighted by Gasteiger charge is 2.44. The molecule has 0 aliphatic heterocycles. The quantitative estimate of drug-likeness (QED) is 0.881. The minimum Gasteiger partial charge on any atom is -0.340 e. The second-order valence-electron chi connectivity index (χ2n) is 5.12. The monoisotopic (exact) mass is 242 g/mol. The fraction of sp³-hybridized carbons (Fsp3) is 0.467. The molecule has 1 N–H and O–H groups in total. The van der Waals surface area contributed by atoms with E-state index in [2.05, 4.69) is 17.4 Å². The Morgan fingerprint density at radius 3 is 2.61 bits per heavy atom. The van der Waals surface area contributed by atoms with Gasteiger partial charge in [0.05, 0.1) is 11.5 Å². The summed E-state index contributed by atoms with van der Waals surface area (Å²) in [5.74, 6) is 0.0339. The van der Waals surface area contributed by atoms with Gasteiger partial charge in [-0.25, -0.2) is 0 Å². The van der Waals surface area contributed by atoms with Crippen LogP contribution in [-0.4, -0.2) is 11.9 Å². The number of rotatable bonds is 4. The van der Waals surface area contributed by atoms with E-state index in [1.807, 2.05) is 24.3 Å². The van der Waals surface area contributed by atoms with Crippen LogP contribution in [0.25, 0.3) is 0 Å². The Balaban J connectivity index is 2.07. The molecule has 1 fully saturated rings. The summed E-state index contributed by atoms with van der Waals surface area (Å²) in [4.78, 5) is 12.3. The second-order valence-corrected chi connectivity index (χ2v) is 5.12. The third-order valence-corrected chi connectivity index (χ3v) is 3.72. The van der Waals surface area contributed by atoms with Crippen LogP contribution < -0.4 is 5.32 Å². The van der Waals surface area contributed by atoms with Crippen LogP contribution in [0.3, 0.4) is 0 Å². The van der Waals surface area contributed by atoms with Crippen molar-refractivity contribution >= 4 is 5.91 Å². The van der Waals surface area contributed by atoms with Crippen LogP contribution in [-0.2, 0) is 11.2 Å². The Bertz CT molecular complexity index is 457. The summed E-state index contributed by atoms with van der Waals surface area (Å²) in [7, 11) is 0. The summed E-state index contributed by atoms with van der Waals surface area (Å²) in [5, 5.41) is 11.6. The van der Waals surface area contributed by atoms with Gasteiger partial charge in [-0.3, -0.25) is 4.79 Å². The smallest absolute Gasteiger partial charge is 0.227 e. The lowest BCUT2D eigenvalue weighted by atomic mass is 9.64. The number of benzene rings is 1. The number of amides is 1. The first-order valence-corrected chi connectivity index (χ1v) is 6.41. The molecular weight excluding hydrogens is 224 g/mol. The van der Waals surface area contributed by atoms with Gasteiger partial charge in [0.15, 0.2) is 0 Å². The van der Waals surface area contributed by atoms with Crippen LogP contribution >= 0.6 is 0 Å². The van der Waals surface area contributed by atoms with Crippen LogP contribution in [0.4, 0.5) is 0 Å². The first-order chi connectivity index (χ1) is 8.66. The first-order valence-electron chi connectivity index (χ1n) is 6.41. The Morgan fingerprint density at radius 1 is 1.44 bits per heavy atom. The maximum absolute atomic E-state index is 12.3. The molecule has 0 unspecified atom stereocenters. The summed E-state index contributed by atoms with van der Waals surface area (Å²) < 4.78 is 0. The summed E-state index contributed by atoms with van der Waals surface area (Å²) in [6.07, 6.45) is 3.72. The number of carbonyl (C=O) groups excluding carboxylic acids is 1. The van der Waals surface area contributed by atoms with Gasteiger partial charge in [-0.05, 0) is 31.7 Å². The molecule has 0 spiro atoms. The van der Waals surface area contributed by atoms with E-state index in [1.54, 1.807) is 6.92 Å². The SMILES string of the molecule is C[C@H](C#N)NC(=O)C1(Cc2ccccc2)CCC1. The van der Waals surface area contributed by atoms with Gasteiger partial charge in [0, 0.05) is 0 Å². The van der Waals surface area contributed by atoms with Gasteiger partial charge in [0.25, 0.3) is 0 Å². The highest BCUT2D eigenvalue weighted by atomic mass is 16.2. The summed E-state index contributed by atoms with van der Waals surface area (Å²) >= 11 is 0. The molecule has 3 heteroatoms. The average Bonchev–Trinajstić information content (AvgIpc) is 2.34. The van der Waals surface area contributed by atoms with E-state index in [9.17, 15) is 4.79 Å². The molecule has 0 bridgehead atoms. The largest absolute Gasteiger partial charge is 0.340 e. The van der Waals surface area contributed by atoms with E-state index in [1.165, 1.54) is 5.56 Å². The molecule has 0 radical (unpaired) electrons. The van der Waals surface area contributed by atoms with Gasteiger partial charge < -0.3 is 5.32 Å². The Hall–Kier alpha value is -1.82. The maximum atomic E-state index is 12.3. The fourth-order valence-electron chi connectivity index (χ4n) is 2.46. The highest BCUT2D eigenvalue weighted by Crippen LogP contribution is 2.44. The number of nitriles is 1. The van der Waals surface area contributed by atoms with Gasteiger partial charge in [-0.15, -0.1) is 0 Å². The number of hydrogen-bond donors (Lipinski definition) is 1. The molecular formula is C15H18N2O. The van der Waals surface area contributed by atoms with Gasteiger partial charge in [0.1, 0.15) is 6.04 Å². The zero-order chi connectivity index (χ0) is 13.0. The fourth-order valence-corrected chi connectivity index (χ4v) is 2.46. The van der Waals surface area contributed by atoms with Crippen LogP contribution in [0.5, 0.6) is 0 Å². The number of carbonyl (C=O) groups is 1. The maximum Gasteiger partial charge on any atom is 0.227 e. The van der Waals surface area contributed by atoms with Gasteiger partial charge in [-0.1, -0.05) is 36.8 Å². The zero-order valence-electron chi connectivity index (χ0n) is 10.6. The van der Waals surface area contributed by atoms with E-state index >= 15 is 0 Å². The number of nitrogens with one attached hydrogen (secondary N) is 1. The molecule has 1 aliphatic carbocycles. The normalized spacial score (nSPS) is 18.2. The van der Waals surface area contributed by atoms with E-state index in [-0.39, 0.29) is 11.3 Å². The van der Waals surface area contributed by atoms with Gasteiger partial charge in [0.2, 0.25) is 5.91 Å². The average molecular weight is 242 g/mol. The molecule has 94 valence electrons. The van der Waals surface area contributed by atoms with Crippen LogP contribution in [0.2, 0.25) is 0 Å². The van der Waals surface area contributed by atoms with E-state index in [0.717, 1.165) is 25.7 Å². The van der Waals surface area contributed by atoms with E-state index in [0.29, 0.717) is 0 Å². The lowest BCUT2D eigenvalue weighted by Gasteiger charge is -2.40. The molecule has 0 saturated heterocycles. The predicted octanol–water partition coefficient (Wildman–Crippen LogP) is 2.43. The minimum absolute atomic E-state index is 0.0339. The van der Waals surface area contributed by atoms with Crippen molar-refractivity contribution < 1.29 is 4.79 Å². The molecule has 2 rings (SSSR count). The van der Waals surface area contributed by atoms with Gasteiger partial charge in [-0.2, -0.15) is 5.26 Å². The molecule has 3 nitrogen and oxygen atoms in total. The molecule has 1 aromatic carbocycles. The lowest BCUT2D eigenvalue weighted by Crippen LogP contribution is -2.49. The number of nitrogens with zero attached hydrogens (tertiary/aromatic N) is 1. The number of hydrogen-bond acceptors (Lipinski definition) is 2. The molecule has 1 aromatic rings. The summed E-state index contributed by atoms with van der Waals surface area (Å²) in [6.45, 7) is 1.72. The Kier molecular flexibility index (Phi) is 3.66. The first kappa shape index (κ1) is 12.6. The molecule has 18 heavy (non-hydrogen) atoms. The van der Waals surface area contributed by atoms with Crippen LogP contribution in [0.15, 0.2) is 30.3 Å². The van der Waals surface area contributed by atoms with Crippen molar-refractivity contribution in [1.82, 2.24) is 5.32 Å². The topological polar surface area (TPSA) is 52.9 Å². The van der Waals surface area contributed by atoms with Crippen molar-refractivity contribution in [3.05, 3.63) is 35.9 Å².